The van der Waals surface area contributed by atoms with Gasteiger partial charge in [-0.1, -0.05) is 12.1 Å². The van der Waals surface area contributed by atoms with Crippen LogP contribution in [0.2, 0.25) is 0 Å². The molecular weight excluding hydrogens is 541 g/mol. The van der Waals surface area contributed by atoms with Gasteiger partial charge in [0.05, 0.1) is 35.1 Å². The first kappa shape index (κ1) is 27.4. The summed E-state index contributed by atoms with van der Waals surface area (Å²) in [5, 5.41) is 4.44. The molecule has 5 aromatic rings. The molecule has 0 aliphatic carbocycles. The minimum atomic E-state index is -4.47. The lowest BCUT2D eigenvalue weighted by Gasteiger charge is -2.16. The van der Waals surface area contributed by atoms with Gasteiger partial charge in [-0.3, -0.25) is 13.9 Å². The number of hydrogen-bond donors (Lipinski definition) is 1. The second-order valence-corrected chi connectivity index (χ2v) is 10.7. The quantitative estimate of drug-likeness (QED) is 0.245. The summed E-state index contributed by atoms with van der Waals surface area (Å²) in [4.78, 5) is 19.7. The van der Waals surface area contributed by atoms with Gasteiger partial charge in [0, 0.05) is 30.6 Å². The number of amides is 1. The highest BCUT2D eigenvalue weighted by molar-refractivity contribution is 7.17. The van der Waals surface area contributed by atoms with Gasteiger partial charge in [0.25, 0.3) is 5.91 Å². The van der Waals surface area contributed by atoms with Crippen molar-refractivity contribution in [3.05, 3.63) is 83.3 Å². The minimum Gasteiger partial charge on any atom is -0.484 e. The first-order valence-electron chi connectivity index (χ1n) is 12.4. The lowest BCUT2D eigenvalue weighted by atomic mass is 10.1. The lowest BCUT2D eigenvalue weighted by Crippen LogP contribution is -2.18. The molecule has 40 heavy (non-hydrogen) atoms. The Morgan fingerprint density at radius 3 is 2.67 bits per heavy atom. The molecule has 1 aromatic carbocycles. The van der Waals surface area contributed by atoms with Crippen LogP contribution in [0.25, 0.3) is 27.3 Å². The number of alkyl halides is 3. The molecule has 2 N–H and O–H groups in total. The first-order valence-corrected chi connectivity index (χ1v) is 13.2. The zero-order valence-electron chi connectivity index (χ0n) is 22.0. The van der Waals surface area contributed by atoms with Gasteiger partial charge in [0.15, 0.2) is 0 Å². The number of halogens is 3. The van der Waals surface area contributed by atoms with E-state index in [-0.39, 0.29) is 10.6 Å². The molecule has 12 heteroatoms. The van der Waals surface area contributed by atoms with Crippen molar-refractivity contribution < 1.29 is 22.7 Å². The number of carbonyl (C=O) groups is 1. The lowest BCUT2D eigenvalue weighted by molar-refractivity contribution is -0.137. The van der Waals surface area contributed by atoms with Crippen molar-refractivity contribution in [1.29, 1.82) is 0 Å². The molecule has 0 bridgehead atoms. The Labute approximate surface area is 232 Å². The molecule has 4 heterocycles. The highest BCUT2D eigenvalue weighted by Gasteiger charge is 2.31. The Hall–Kier alpha value is -4.16. The van der Waals surface area contributed by atoms with Crippen molar-refractivity contribution in [3.8, 4) is 27.4 Å². The standard InChI is InChI=1S/C28H27F3N6O2S/c1-17(18-5-4-6-21(11-18)28(29,30)31)39-23-13-24(40-26(23)27(32)38)22-15-33-25-12-19(7-8-37(22)25)20-14-34-36(16-20)10-9-35(2)3/h4-8,11-17H,9-10H2,1-3H3,(H2,32,38). The number of likely N-dealkylation sites (N-methyl/N-ethyl adjacent to an activating group) is 1. The zero-order valence-corrected chi connectivity index (χ0v) is 22.8. The Kier molecular flexibility index (Phi) is 7.39. The summed E-state index contributed by atoms with van der Waals surface area (Å²) >= 11 is 1.14. The number of nitrogens with zero attached hydrogens (tertiary/aromatic N) is 5. The number of primary amides is 1. The van der Waals surface area contributed by atoms with Crippen molar-refractivity contribution >= 4 is 22.9 Å². The molecule has 0 fully saturated rings. The Balaban J connectivity index is 1.41. The zero-order chi connectivity index (χ0) is 28.6. The second kappa shape index (κ2) is 10.8. The van der Waals surface area contributed by atoms with Gasteiger partial charge in [-0.05, 0) is 56.4 Å². The van der Waals surface area contributed by atoms with Crippen molar-refractivity contribution in [2.24, 2.45) is 5.73 Å². The van der Waals surface area contributed by atoms with Gasteiger partial charge in [-0.2, -0.15) is 18.3 Å². The van der Waals surface area contributed by atoms with Crippen LogP contribution in [0, 0.1) is 0 Å². The normalized spacial score (nSPS) is 12.8. The number of aromatic nitrogens is 4. The molecule has 0 saturated carbocycles. The molecule has 208 valence electrons. The largest absolute Gasteiger partial charge is 0.484 e. The third kappa shape index (κ3) is 5.73. The van der Waals surface area contributed by atoms with Gasteiger partial charge in [-0.15, -0.1) is 11.3 Å². The number of fused-ring (bicyclic) bond motifs is 1. The van der Waals surface area contributed by atoms with Crippen LogP contribution in [0.1, 0.15) is 33.8 Å². The number of pyridine rings is 1. The summed E-state index contributed by atoms with van der Waals surface area (Å²) in [7, 11) is 4.03. The average molecular weight is 569 g/mol. The minimum absolute atomic E-state index is 0.172. The summed E-state index contributed by atoms with van der Waals surface area (Å²) < 4.78 is 49.3. The molecule has 1 atom stereocenters. The summed E-state index contributed by atoms with van der Waals surface area (Å²) in [5.41, 5.74) is 8.52. The first-order chi connectivity index (χ1) is 19.0. The van der Waals surface area contributed by atoms with E-state index in [1.807, 2.05) is 53.9 Å². The summed E-state index contributed by atoms with van der Waals surface area (Å²) in [6, 6.07) is 10.5. The van der Waals surface area contributed by atoms with Gasteiger partial charge in [0.2, 0.25) is 0 Å². The number of thiophene rings is 1. The van der Waals surface area contributed by atoms with Crippen LogP contribution in [-0.2, 0) is 12.7 Å². The Morgan fingerprint density at radius 1 is 1.15 bits per heavy atom. The number of imidazole rings is 1. The molecule has 0 saturated heterocycles. The van der Waals surface area contributed by atoms with Crippen molar-refractivity contribution in [2.45, 2.75) is 25.7 Å². The van der Waals surface area contributed by atoms with E-state index in [9.17, 15) is 18.0 Å². The molecule has 0 aliphatic rings. The maximum Gasteiger partial charge on any atom is 0.416 e. The van der Waals surface area contributed by atoms with Gasteiger partial charge < -0.3 is 15.4 Å². The molecular formula is C28H27F3N6O2S. The fourth-order valence-electron chi connectivity index (χ4n) is 4.27. The fraction of sp³-hybridized carbons (Fsp3) is 0.250. The third-order valence-electron chi connectivity index (χ3n) is 6.42. The van der Waals surface area contributed by atoms with Gasteiger partial charge in [0.1, 0.15) is 22.4 Å². The SMILES string of the molecule is CC(Oc1cc(-c2cnc3cc(-c4cnn(CCN(C)C)c4)ccn23)sc1C(N)=O)c1cccc(C(F)(F)F)c1. The molecule has 0 aliphatic heterocycles. The van der Waals surface area contributed by atoms with Crippen LogP contribution >= 0.6 is 11.3 Å². The predicted molar refractivity (Wildman–Crippen MR) is 147 cm³/mol. The van der Waals surface area contributed by atoms with E-state index in [0.29, 0.717) is 16.1 Å². The second-order valence-electron chi connectivity index (χ2n) is 9.63. The van der Waals surface area contributed by atoms with Crippen molar-refractivity contribution in [2.75, 3.05) is 20.6 Å². The van der Waals surface area contributed by atoms with Gasteiger partial charge in [-0.25, -0.2) is 4.98 Å². The van der Waals surface area contributed by atoms with E-state index in [1.54, 1.807) is 25.3 Å². The van der Waals surface area contributed by atoms with E-state index in [1.165, 1.54) is 6.07 Å². The summed E-state index contributed by atoms with van der Waals surface area (Å²) in [6.45, 7) is 3.28. The van der Waals surface area contributed by atoms with E-state index < -0.39 is 23.8 Å². The molecule has 0 spiro atoms. The van der Waals surface area contributed by atoms with E-state index >= 15 is 0 Å². The molecule has 8 nitrogen and oxygen atoms in total. The van der Waals surface area contributed by atoms with E-state index in [0.717, 1.165) is 53.4 Å². The van der Waals surface area contributed by atoms with Crippen LogP contribution in [-0.4, -0.2) is 50.6 Å². The topological polar surface area (TPSA) is 90.7 Å². The highest BCUT2D eigenvalue weighted by atomic mass is 32.1. The molecule has 0 radical (unpaired) electrons. The van der Waals surface area contributed by atoms with Crippen LogP contribution < -0.4 is 10.5 Å². The van der Waals surface area contributed by atoms with Crippen LogP contribution in [0.4, 0.5) is 13.2 Å². The monoisotopic (exact) mass is 568 g/mol. The van der Waals surface area contributed by atoms with Crippen LogP contribution in [0.5, 0.6) is 5.75 Å². The van der Waals surface area contributed by atoms with Gasteiger partial charge >= 0.3 is 6.18 Å². The van der Waals surface area contributed by atoms with Crippen molar-refractivity contribution in [1.82, 2.24) is 24.1 Å². The Bertz CT molecular complexity index is 1670. The average Bonchev–Trinajstić information content (AvgIpc) is 3.65. The number of hydrogen-bond acceptors (Lipinski definition) is 6. The number of ether oxygens (including phenoxy) is 1. The van der Waals surface area contributed by atoms with Crippen LogP contribution in [0.3, 0.4) is 0 Å². The number of carbonyl (C=O) groups excluding carboxylic acids is 1. The molecule has 1 amide bonds. The predicted octanol–water partition coefficient (Wildman–Crippen LogP) is 5.75. The number of rotatable bonds is 9. The molecule has 5 rings (SSSR count). The van der Waals surface area contributed by atoms with E-state index in [2.05, 4.69) is 15.0 Å². The highest BCUT2D eigenvalue weighted by Crippen LogP contribution is 2.39. The summed E-state index contributed by atoms with van der Waals surface area (Å²) in [5.74, 6) is -0.487. The number of nitrogens with two attached hydrogens (primary N) is 1. The fourth-order valence-corrected chi connectivity index (χ4v) is 5.22. The maximum absolute atomic E-state index is 13.2. The Morgan fingerprint density at radius 2 is 1.95 bits per heavy atom. The summed E-state index contributed by atoms with van der Waals surface area (Å²) in [6.07, 6.45) is 2.16. The van der Waals surface area contributed by atoms with Crippen LogP contribution in [0.15, 0.2) is 67.3 Å². The maximum atomic E-state index is 13.2. The number of benzene rings is 1. The molecule has 4 aromatic heterocycles. The van der Waals surface area contributed by atoms with Crippen molar-refractivity contribution in [3.63, 3.8) is 0 Å². The molecule has 1 unspecified atom stereocenters. The third-order valence-corrected chi connectivity index (χ3v) is 7.57. The van der Waals surface area contributed by atoms with E-state index in [4.69, 9.17) is 10.5 Å². The smallest absolute Gasteiger partial charge is 0.416 e.